The Morgan fingerprint density at radius 1 is 0.925 bits per heavy atom. The molecule has 0 bridgehead atoms. The highest BCUT2D eigenvalue weighted by atomic mass is 32.1. The Labute approximate surface area is 238 Å². The number of nitrogens with zero attached hydrogens (tertiary/aromatic N) is 5. The Bertz CT molecular complexity index is 1490. The summed E-state index contributed by atoms with van der Waals surface area (Å²) in [6, 6.07) is 15.9. The number of hydrogen-bond acceptors (Lipinski definition) is 10. The molecule has 1 aliphatic rings. The van der Waals surface area contributed by atoms with Gasteiger partial charge in [-0.1, -0.05) is 11.3 Å². The number of thiophene rings is 1. The molecule has 0 radical (unpaired) electrons. The largest absolute Gasteiger partial charge is 0.434 e. The number of hydrazine groups is 2. The summed E-state index contributed by atoms with van der Waals surface area (Å²) in [5.41, 5.74) is 14.2. The van der Waals surface area contributed by atoms with Crippen LogP contribution in [0.3, 0.4) is 0 Å². The van der Waals surface area contributed by atoms with Crippen LogP contribution in [0.2, 0.25) is 0 Å². The number of nitrogens with one attached hydrogen (secondary N) is 3. The second-order valence-electron chi connectivity index (χ2n) is 9.47. The highest BCUT2D eigenvalue weighted by Gasteiger charge is 2.33. The van der Waals surface area contributed by atoms with E-state index in [1.165, 1.54) is 17.8 Å². The van der Waals surface area contributed by atoms with Crippen molar-refractivity contribution in [2.45, 2.75) is 32.9 Å². The van der Waals surface area contributed by atoms with Gasteiger partial charge in [-0.2, -0.15) is 13.2 Å². The van der Waals surface area contributed by atoms with Crippen molar-refractivity contribution in [3.63, 3.8) is 0 Å². The minimum atomic E-state index is -4.49. The van der Waals surface area contributed by atoms with Gasteiger partial charge in [0.2, 0.25) is 5.13 Å². The number of halogens is 3. The first-order chi connectivity index (χ1) is 19.2. The van der Waals surface area contributed by atoms with Gasteiger partial charge in [0, 0.05) is 25.5 Å². The molecule has 5 rings (SSSR count). The number of hydrogen-bond donors (Lipinski definition) is 3. The Hall–Kier alpha value is -3.84. The van der Waals surface area contributed by atoms with Gasteiger partial charge in [-0.25, -0.2) is 4.98 Å². The highest BCUT2D eigenvalue weighted by Crippen LogP contribution is 2.34. The van der Waals surface area contributed by atoms with Gasteiger partial charge >= 0.3 is 6.18 Å². The molecule has 0 saturated carbocycles. The van der Waals surface area contributed by atoms with Gasteiger partial charge in [0.05, 0.1) is 27.8 Å². The Balaban J connectivity index is 1.17. The predicted octanol–water partition coefficient (Wildman–Crippen LogP) is 8.76. The van der Waals surface area contributed by atoms with Crippen molar-refractivity contribution in [2.75, 3.05) is 46.3 Å². The number of benzene rings is 2. The van der Waals surface area contributed by atoms with E-state index in [4.69, 9.17) is 0 Å². The fourth-order valence-corrected chi connectivity index (χ4v) is 5.93. The Morgan fingerprint density at radius 3 is 2.38 bits per heavy atom. The predicted molar refractivity (Wildman–Crippen MR) is 159 cm³/mol. The number of anilines is 5. The van der Waals surface area contributed by atoms with E-state index in [0.29, 0.717) is 5.69 Å². The number of thiazole rings is 1. The van der Waals surface area contributed by atoms with E-state index in [2.05, 4.69) is 54.6 Å². The smallest absolute Gasteiger partial charge is 0.363 e. The molecule has 40 heavy (non-hydrogen) atoms. The lowest BCUT2D eigenvalue weighted by atomic mass is 10.1. The Morgan fingerprint density at radius 2 is 1.68 bits per heavy atom. The van der Waals surface area contributed by atoms with Crippen molar-refractivity contribution in [1.82, 2.24) is 4.98 Å². The summed E-state index contributed by atoms with van der Waals surface area (Å²) < 4.78 is 38.2. The quantitative estimate of drug-likeness (QED) is 0.134. The second-order valence-corrected chi connectivity index (χ2v) is 11.4. The molecule has 4 aromatic rings. The number of rotatable bonds is 9. The van der Waals surface area contributed by atoms with Gasteiger partial charge in [-0.15, -0.1) is 21.6 Å². The number of alkyl halides is 3. The fourth-order valence-electron chi connectivity index (χ4n) is 4.37. The summed E-state index contributed by atoms with van der Waals surface area (Å²) >= 11 is 2.55. The van der Waals surface area contributed by atoms with E-state index in [1.54, 1.807) is 17.4 Å². The number of aryl methyl sites for hydroxylation is 2. The first-order valence-corrected chi connectivity index (χ1v) is 14.4. The zero-order valence-corrected chi connectivity index (χ0v) is 23.8. The molecular weight excluding hydrogens is 557 g/mol. The van der Waals surface area contributed by atoms with Crippen LogP contribution in [0.1, 0.15) is 29.7 Å². The average Bonchev–Trinajstić information content (AvgIpc) is 3.68. The van der Waals surface area contributed by atoms with Crippen LogP contribution >= 0.6 is 22.7 Å². The minimum Gasteiger partial charge on any atom is -0.363 e. The molecule has 0 aliphatic carbocycles. The molecule has 13 heteroatoms. The number of azo groups is 1. The van der Waals surface area contributed by atoms with Crippen molar-refractivity contribution in [2.24, 2.45) is 10.2 Å². The maximum atomic E-state index is 12.7. The van der Waals surface area contributed by atoms with Crippen molar-refractivity contribution in [3.8, 4) is 0 Å². The molecule has 1 fully saturated rings. The molecule has 0 atom stereocenters. The van der Waals surface area contributed by atoms with Crippen molar-refractivity contribution >= 4 is 60.6 Å². The van der Waals surface area contributed by atoms with Gasteiger partial charge in [-0.05, 0) is 86.3 Å². The summed E-state index contributed by atoms with van der Waals surface area (Å²) in [7, 11) is 1.93. The van der Waals surface area contributed by atoms with Crippen molar-refractivity contribution in [1.29, 1.82) is 0 Å². The normalized spacial score (nSPS) is 13.7. The van der Waals surface area contributed by atoms with Crippen LogP contribution < -0.4 is 26.2 Å². The molecule has 0 amide bonds. The van der Waals surface area contributed by atoms with Crippen LogP contribution in [-0.4, -0.2) is 25.1 Å². The SMILES string of the molecule is Cc1cc(NN(C)c2ccc(NNc3ccc(N4CCCC4)s3)cc2C)ccc1/N=N/c1nc(C(F)(F)F)cs1. The molecule has 3 N–H and O–H groups in total. The lowest BCUT2D eigenvalue weighted by Gasteiger charge is -2.24. The zero-order valence-electron chi connectivity index (χ0n) is 22.2. The molecule has 1 saturated heterocycles. The second kappa shape index (κ2) is 11.7. The maximum absolute atomic E-state index is 12.7. The average molecular weight is 587 g/mol. The maximum Gasteiger partial charge on any atom is 0.434 e. The van der Waals surface area contributed by atoms with Gasteiger partial charge in [-0.3, -0.25) is 15.9 Å². The monoisotopic (exact) mass is 586 g/mol. The molecule has 2 aromatic heterocycles. The van der Waals surface area contributed by atoms with E-state index >= 15 is 0 Å². The first kappa shape index (κ1) is 27.7. The summed E-state index contributed by atoms with van der Waals surface area (Å²) in [4.78, 5) is 5.90. The molecule has 8 nitrogen and oxygen atoms in total. The van der Waals surface area contributed by atoms with E-state index < -0.39 is 11.9 Å². The lowest BCUT2D eigenvalue weighted by molar-refractivity contribution is -0.140. The lowest BCUT2D eigenvalue weighted by Crippen LogP contribution is -2.25. The third-order valence-corrected chi connectivity index (χ3v) is 8.20. The van der Waals surface area contributed by atoms with Crippen LogP contribution in [0, 0.1) is 13.8 Å². The standard InChI is InChI=1S/C27H29F3N8S2/c1-17-14-20(6-8-21(17)33-35-26-31-23(16-39-26)27(28,29)30)36-37(3)22-9-7-19(15-18(22)2)32-34-24-10-11-25(40-24)38-12-4-5-13-38/h6-11,14-16,32,34,36H,4-5,12-13H2,1-3H3/b35-33+. The van der Waals surface area contributed by atoms with E-state index in [0.717, 1.165) is 63.0 Å². The van der Waals surface area contributed by atoms with Crippen LogP contribution in [0.15, 0.2) is 64.1 Å². The molecule has 1 aliphatic heterocycles. The van der Waals surface area contributed by atoms with Crippen LogP contribution in [-0.2, 0) is 6.18 Å². The zero-order chi connectivity index (χ0) is 28.3. The fraction of sp³-hybridized carbons (Fsp3) is 0.296. The Kier molecular flexibility index (Phi) is 8.12. The third-order valence-electron chi connectivity index (χ3n) is 6.42. The third kappa shape index (κ3) is 6.65. The summed E-state index contributed by atoms with van der Waals surface area (Å²) in [5.74, 6) is 0. The molecule has 210 valence electrons. The number of aromatic nitrogens is 1. The van der Waals surface area contributed by atoms with Crippen molar-refractivity contribution in [3.05, 3.63) is 70.7 Å². The van der Waals surface area contributed by atoms with Crippen LogP contribution in [0.25, 0.3) is 0 Å². The highest BCUT2D eigenvalue weighted by molar-refractivity contribution is 7.20. The first-order valence-electron chi connectivity index (χ1n) is 12.7. The molecule has 0 unspecified atom stereocenters. The van der Waals surface area contributed by atoms with Gasteiger partial charge < -0.3 is 10.3 Å². The van der Waals surface area contributed by atoms with E-state index in [-0.39, 0.29) is 5.13 Å². The molecule has 2 aromatic carbocycles. The summed E-state index contributed by atoms with van der Waals surface area (Å²) in [6.07, 6.45) is -1.97. The summed E-state index contributed by atoms with van der Waals surface area (Å²) in [5, 5.41) is 13.1. The van der Waals surface area contributed by atoms with Gasteiger partial charge in [0.15, 0.2) is 5.69 Å². The molecule has 0 spiro atoms. The van der Waals surface area contributed by atoms with E-state index in [1.807, 2.05) is 50.2 Å². The topological polar surface area (TPSA) is 80.2 Å². The molecular formula is C27H29F3N8S2. The summed E-state index contributed by atoms with van der Waals surface area (Å²) in [6.45, 7) is 6.18. The minimum absolute atomic E-state index is 0.0421. The van der Waals surface area contributed by atoms with Crippen LogP contribution in [0.4, 0.5) is 51.1 Å². The van der Waals surface area contributed by atoms with E-state index in [9.17, 15) is 13.2 Å². The van der Waals surface area contributed by atoms with Gasteiger partial charge in [0.25, 0.3) is 0 Å². The van der Waals surface area contributed by atoms with Crippen LogP contribution in [0.5, 0.6) is 0 Å². The van der Waals surface area contributed by atoms with Crippen molar-refractivity contribution < 1.29 is 13.2 Å². The van der Waals surface area contributed by atoms with Gasteiger partial charge in [0.1, 0.15) is 5.00 Å². The molecule has 3 heterocycles.